The molecule has 0 saturated heterocycles. The molecule has 5 nitrogen and oxygen atoms in total. The molecule has 0 amide bonds. The molecule has 1 aliphatic rings. The molecule has 0 bridgehead atoms. The zero-order chi connectivity index (χ0) is 29.0. The first-order chi connectivity index (χ1) is 21.8. The molecule has 0 spiro atoms. The topological polar surface area (TPSA) is 55.3 Å². The van der Waals surface area contributed by atoms with Gasteiger partial charge in [-0.05, 0) is 54.1 Å². The molecule has 0 N–H and O–H groups in total. The maximum atomic E-state index is 6.81. The van der Waals surface area contributed by atoms with E-state index in [1.54, 1.807) is 11.8 Å². The molecular formula is C38H23N3O2S. The third-order valence-electron chi connectivity index (χ3n) is 7.92. The van der Waals surface area contributed by atoms with Crippen molar-refractivity contribution in [2.24, 2.45) is 0 Å². The van der Waals surface area contributed by atoms with Gasteiger partial charge in [0.15, 0.2) is 11.2 Å². The molecular weight excluding hydrogens is 563 g/mol. The van der Waals surface area contributed by atoms with Crippen molar-refractivity contribution in [3.63, 3.8) is 0 Å². The minimum Gasteiger partial charge on any atom is -0.435 e. The smallest absolute Gasteiger partial charge is 0.227 e. The van der Waals surface area contributed by atoms with Crippen LogP contribution in [0, 0.1) is 0 Å². The number of aromatic nitrogens is 2. The second-order valence-corrected chi connectivity index (χ2v) is 11.7. The lowest BCUT2D eigenvalue weighted by Gasteiger charge is -2.32. The van der Waals surface area contributed by atoms with Crippen LogP contribution in [-0.2, 0) is 0 Å². The van der Waals surface area contributed by atoms with Gasteiger partial charge in [0.05, 0.1) is 16.9 Å². The van der Waals surface area contributed by atoms with Crippen molar-refractivity contribution in [2.45, 2.75) is 9.79 Å². The lowest BCUT2D eigenvalue weighted by atomic mass is 10.0. The van der Waals surface area contributed by atoms with Gasteiger partial charge in [-0.1, -0.05) is 103 Å². The molecule has 0 saturated carbocycles. The van der Waals surface area contributed by atoms with Crippen LogP contribution < -0.4 is 4.90 Å². The molecule has 0 aliphatic carbocycles. The molecule has 8 aromatic rings. The first-order valence-electron chi connectivity index (χ1n) is 14.4. The molecule has 44 heavy (non-hydrogen) atoms. The first kappa shape index (κ1) is 25.0. The molecule has 3 heterocycles. The Morgan fingerprint density at radius 3 is 1.48 bits per heavy atom. The molecule has 6 aromatic carbocycles. The Balaban J connectivity index is 1.46. The second kappa shape index (κ2) is 10.0. The summed E-state index contributed by atoms with van der Waals surface area (Å²) in [7, 11) is 0. The van der Waals surface area contributed by atoms with Gasteiger partial charge in [0.2, 0.25) is 11.8 Å². The largest absolute Gasteiger partial charge is 0.435 e. The number of fused-ring (bicyclic) bond motifs is 4. The average molecular weight is 586 g/mol. The van der Waals surface area contributed by atoms with E-state index in [1.165, 1.54) is 0 Å². The van der Waals surface area contributed by atoms with Crippen molar-refractivity contribution in [1.29, 1.82) is 0 Å². The van der Waals surface area contributed by atoms with Gasteiger partial charge in [0, 0.05) is 20.9 Å². The van der Waals surface area contributed by atoms with Crippen molar-refractivity contribution in [3.05, 3.63) is 140 Å². The van der Waals surface area contributed by atoms with E-state index in [1.807, 2.05) is 78.9 Å². The lowest BCUT2D eigenvalue weighted by molar-refractivity contribution is 0.618. The Hall–Kier alpha value is -5.59. The van der Waals surface area contributed by atoms with Crippen molar-refractivity contribution in [1.82, 2.24) is 9.97 Å². The Bertz CT molecular complexity index is 2170. The van der Waals surface area contributed by atoms with E-state index < -0.39 is 0 Å². The van der Waals surface area contributed by atoms with Crippen molar-refractivity contribution in [2.75, 3.05) is 4.90 Å². The Labute approximate surface area is 257 Å². The number of rotatable bonds is 4. The van der Waals surface area contributed by atoms with Crippen LogP contribution in [0.5, 0.6) is 0 Å². The number of oxazole rings is 2. The molecule has 0 radical (unpaired) electrons. The van der Waals surface area contributed by atoms with Gasteiger partial charge in [0.25, 0.3) is 0 Å². The molecule has 0 fully saturated rings. The number of benzene rings is 6. The summed E-state index contributed by atoms with van der Waals surface area (Å²) in [5.41, 5.74) is 9.29. The highest BCUT2D eigenvalue weighted by atomic mass is 32.2. The fraction of sp³-hybridized carbons (Fsp3) is 0. The van der Waals surface area contributed by atoms with Crippen LogP contribution in [0.15, 0.2) is 158 Å². The zero-order valence-corrected chi connectivity index (χ0v) is 24.2. The van der Waals surface area contributed by atoms with E-state index in [2.05, 4.69) is 65.6 Å². The van der Waals surface area contributed by atoms with Gasteiger partial charge in [-0.25, -0.2) is 9.97 Å². The highest BCUT2D eigenvalue weighted by Gasteiger charge is 2.33. The van der Waals surface area contributed by atoms with Crippen molar-refractivity contribution < 1.29 is 8.83 Å². The van der Waals surface area contributed by atoms with Gasteiger partial charge in [-0.3, -0.25) is 0 Å². The minimum atomic E-state index is 0.544. The van der Waals surface area contributed by atoms with Gasteiger partial charge in [-0.15, -0.1) is 0 Å². The minimum absolute atomic E-state index is 0.544. The predicted octanol–water partition coefficient (Wildman–Crippen LogP) is 10.9. The molecule has 2 aromatic heterocycles. The molecule has 0 atom stereocenters. The van der Waals surface area contributed by atoms with Crippen LogP contribution in [0.3, 0.4) is 0 Å². The number of para-hydroxylation sites is 2. The van der Waals surface area contributed by atoms with Crippen molar-refractivity contribution >= 4 is 51.0 Å². The van der Waals surface area contributed by atoms with Gasteiger partial charge in [0.1, 0.15) is 16.7 Å². The maximum absolute atomic E-state index is 6.81. The Morgan fingerprint density at radius 1 is 0.455 bits per heavy atom. The summed E-state index contributed by atoms with van der Waals surface area (Å²) >= 11 is 1.76. The number of hydrogen-bond donors (Lipinski definition) is 0. The monoisotopic (exact) mass is 585 g/mol. The van der Waals surface area contributed by atoms with E-state index in [0.717, 1.165) is 54.6 Å². The van der Waals surface area contributed by atoms with Crippen LogP contribution in [0.4, 0.5) is 17.1 Å². The first-order valence-corrected chi connectivity index (χ1v) is 15.2. The predicted molar refractivity (Wildman–Crippen MR) is 177 cm³/mol. The molecule has 1 aliphatic heterocycles. The lowest BCUT2D eigenvalue weighted by Crippen LogP contribution is -2.15. The van der Waals surface area contributed by atoms with Gasteiger partial charge in [-0.2, -0.15) is 0 Å². The fourth-order valence-corrected chi connectivity index (χ4v) is 7.01. The second-order valence-electron chi connectivity index (χ2n) is 10.6. The quantitative estimate of drug-likeness (QED) is 0.205. The van der Waals surface area contributed by atoms with Crippen LogP contribution in [0.25, 0.3) is 56.2 Å². The normalized spacial score (nSPS) is 12.4. The van der Waals surface area contributed by atoms with E-state index in [0.29, 0.717) is 28.5 Å². The van der Waals surface area contributed by atoms with Crippen molar-refractivity contribution in [3.8, 4) is 34.0 Å². The summed E-state index contributed by atoms with van der Waals surface area (Å²) in [4.78, 5) is 14.9. The van der Waals surface area contributed by atoms with Crippen LogP contribution >= 0.6 is 11.8 Å². The van der Waals surface area contributed by atoms with Crippen LogP contribution in [-0.4, -0.2) is 9.97 Å². The van der Waals surface area contributed by atoms with E-state index >= 15 is 0 Å². The third kappa shape index (κ3) is 3.88. The Kier molecular flexibility index (Phi) is 5.67. The number of hydrogen-bond acceptors (Lipinski definition) is 6. The number of anilines is 3. The molecule has 0 unspecified atom stereocenters. The highest BCUT2D eigenvalue weighted by Crippen LogP contribution is 2.55. The van der Waals surface area contributed by atoms with E-state index in [9.17, 15) is 0 Å². The summed E-state index contributed by atoms with van der Waals surface area (Å²) in [5, 5.41) is 0. The summed E-state index contributed by atoms with van der Waals surface area (Å²) in [5.74, 6) is 1.09. The van der Waals surface area contributed by atoms with E-state index in [4.69, 9.17) is 18.8 Å². The average Bonchev–Trinajstić information content (AvgIpc) is 3.73. The fourth-order valence-electron chi connectivity index (χ4n) is 5.95. The van der Waals surface area contributed by atoms with Gasteiger partial charge < -0.3 is 13.7 Å². The number of nitrogens with zero attached hydrogens (tertiary/aromatic N) is 3. The van der Waals surface area contributed by atoms with Crippen LogP contribution in [0.2, 0.25) is 0 Å². The summed E-state index contributed by atoms with van der Waals surface area (Å²) in [6.45, 7) is 0. The highest BCUT2D eigenvalue weighted by molar-refractivity contribution is 7.99. The summed E-state index contributed by atoms with van der Waals surface area (Å²) in [6.07, 6.45) is 0. The zero-order valence-electron chi connectivity index (χ0n) is 23.3. The molecule has 6 heteroatoms. The Morgan fingerprint density at radius 2 is 0.909 bits per heavy atom. The standard InChI is InChI=1S/C38H23N3O2S/c1-4-14-24(15-5-1)31-32-36(43-37(39-32)25-16-6-2-7-17-25)34(33-35(31)42-38(40-33)26-18-8-3-9-19-26)41-27-20-10-12-22-29(27)44-30-23-13-11-21-28(30)41/h1-23H. The molecule has 9 rings (SSSR count). The van der Waals surface area contributed by atoms with Gasteiger partial charge >= 0.3 is 0 Å². The van der Waals surface area contributed by atoms with Crippen LogP contribution in [0.1, 0.15) is 0 Å². The third-order valence-corrected chi connectivity index (χ3v) is 9.05. The van der Waals surface area contributed by atoms with E-state index in [-0.39, 0.29) is 0 Å². The summed E-state index contributed by atoms with van der Waals surface area (Å²) in [6, 6.07) is 47.2. The maximum Gasteiger partial charge on any atom is 0.227 e. The summed E-state index contributed by atoms with van der Waals surface area (Å²) < 4.78 is 13.6. The SMILES string of the molecule is c1ccc(-c2nc3c(N4c5ccccc5Sc5ccccc54)c4oc(-c5ccccc5)nc4c(-c4ccccc4)c3o2)cc1. The molecule has 208 valence electrons.